The van der Waals surface area contributed by atoms with E-state index in [2.05, 4.69) is 10.3 Å². The second-order valence-electron chi connectivity index (χ2n) is 7.30. The van der Waals surface area contributed by atoms with E-state index < -0.39 is 14.5 Å². The van der Waals surface area contributed by atoms with Gasteiger partial charge in [-0.2, -0.15) is 0 Å². The Balaban J connectivity index is 1.40. The van der Waals surface area contributed by atoms with E-state index in [4.69, 9.17) is 27.6 Å². The van der Waals surface area contributed by atoms with Crippen molar-refractivity contribution in [1.29, 1.82) is 0 Å². The number of carbonyl (C=O) groups excluding carboxylic acids is 1. The first-order chi connectivity index (χ1) is 13.7. The number of nitrogens with one attached hydrogen (secondary N) is 1. The molecule has 3 aromatic rings. The van der Waals surface area contributed by atoms with Crippen molar-refractivity contribution in [3.05, 3.63) is 51.9 Å². The molecule has 1 aliphatic rings. The van der Waals surface area contributed by atoms with Gasteiger partial charge in [0.2, 0.25) is 0 Å². The molecule has 154 valence electrons. The van der Waals surface area contributed by atoms with Crippen molar-refractivity contribution in [3.63, 3.8) is 0 Å². The van der Waals surface area contributed by atoms with Gasteiger partial charge in [0, 0.05) is 23.2 Å². The number of rotatable bonds is 7. The predicted molar refractivity (Wildman–Crippen MR) is 115 cm³/mol. The highest BCUT2D eigenvalue weighted by molar-refractivity contribution is 7.92. The van der Waals surface area contributed by atoms with Gasteiger partial charge in [-0.3, -0.25) is 4.79 Å². The zero-order valence-electron chi connectivity index (χ0n) is 15.4. The molecule has 1 fully saturated rings. The molecule has 1 atom stereocenters. The van der Waals surface area contributed by atoms with Gasteiger partial charge in [0.1, 0.15) is 5.76 Å². The number of amides is 1. The maximum Gasteiger partial charge on any atom is 0.287 e. The fraction of sp³-hybridized carbons (Fsp3) is 0.368. The second-order valence-corrected chi connectivity index (χ2v) is 11.7. The Hall–Kier alpha value is -1.61. The molecule has 10 heteroatoms. The van der Waals surface area contributed by atoms with E-state index in [0.29, 0.717) is 5.02 Å². The Morgan fingerprint density at radius 3 is 2.79 bits per heavy atom. The number of alkyl halides is 1. The summed E-state index contributed by atoms with van der Waals surface area (Å²) in [6, 6.07) is 8.52. The predicted octanol–water partition coefficient (Wildman–Crippen LogP) is 4.72. The molecule has 1 amide bonds. The molecule has 29 heavy (non-hydrogen) atoms. The summed E-state index contributed by atoms with van der Waals surface area (Å²) in [5.41, 5.74) is 0.604. The van der Waals surface area contributed by atoms with E-state index in [0.717, 1.165) is 47.2 Å². The van der Waals surface area contributed by atoms with Crippen LogP contribution in [0.4, 0.5) is 0 Å². The number of sulfone groups is 1. The van der Waals surface area contributed by atoms with E-state index in [1.165, 1.54) is 12.1 Å². The van der Waals surface area contributed by atoms with E-state index in [1.807, 2.05) is 18.2 Å². The Bertz CT molecular complexity index is 1180. The Morgan fingerprint density at radius 1 is 1.34 bits per heavy atom. The van der Waals surface area contributed by atoms with Crippen LogP contribution in [0.3, 0.4) is 0 Å². The summed E-state index contributed by atoms with van der Waals surface area (Å²) < 4.78 is 28.2. The number of furan rings is 1. The molecule has 4 rings (SSSR count). The lowest BCUT2D eigenvalue weighted by molar-refractivity contribution is 0.0899. The van der Waals surface area contributed by atoms with Crippen molar-refractivity contribution in [2.45, 2.75) is 35.9 Å². The Morgan fingerprint density at radius 2 is 2.10 bits per heavy atom. The highest BCUT2D eigenvalue weighted by Gasteiger charge is 2.44. The molecule has 2 aromatic heterocycles. The van der Waals surface area contributed by atoms with Gasteiger partial charge in [-0.05, 0) is 49.6 Å². The molecule has 1 aromatic carbocycles. The second kappa shape index (κ2) is 7.58. The molecular formula is C19H18Cl2N2O4S2. The number of hydrogen-bond donors (Lipinski definition) is 1. The summed E-state index contributed by atoms with van der Waals surface area (Å²) in [5.74, 6) is -0.283. The summed E-state index contributed by atoms with van der Waals surface area (Å²) in [5, 5.41) is 4.68. The van der Waals surface area contributed by atoms with Crippen molar-refractivity contribution >= 4 is 60.5 Å². The molecule has 1 saturated carbocycles. The van der Waals surface area contributed by atoms with Gasteiger partial charge in [0.15, 0.2) is 20.3 Å². The first-order valence-corrected chi connectivity index (χ1v) is 12.5. The van der Waals surface area contributed by atoms with Crippen molar-refractivity contribution in [1.82, 2.24) is 10.3 Å². The van der Waals surface area contributed by atoms with E-state index >= 15 is 0 Å². The number of benzene rings is 1. The van der Waals surface area contributed by atoms with Crippen LogP contribution in [0.25, 0.3) is 10.2 Å². The van der Waals surface area contributed by atoms with E-state index in [-0.39, 0.29) is 23.0 Å². The van der Waals surface area contributed by atoms with Crippen LogP contribution in [0, 0.1) is 0 Å². The van der Waals surface area contributed by atoms with Crippen LogP contribution in [0.1, 0.15) is 45.3 Å². The van der Waals surface area contributed by atoms with Gasteiger partial charge in [0.05, 0.1) is 15.2 Å². The minimum atomic E-state index is -3.52. The molecule has 1 N–H and O–H groups in total. The summed E-state index contributed by atoms with van der Waals surface area (Å²) >= 11 is 13.5. The molecule has 1 aliphatic carbocycles. The van der Waals surface area contributed by atoms with Crippen LogP contribution in [0.2, 0.25) is 5.02 Å². The van der Waals surface area contributed by atoms with E-state index in [9.17, 15) is 13.2 Å². The monoisotopic (exact) mass is 472 g/mol. The van der Waals surface area contributed by atoms with Crippen LogP contribution in [0.15, 0.2) is 34.7 Å². The third-order valence-corrected chi connectivity index (χ3v) is 8.40. The number of fused-ring (bicyclic) bond motifs is 1. The third-order valence-electron chi connectivity index (χ3n) is 4.89. The minimum Gasteiger partial charge on any atom is -0.453 e. The number of carbonyl (C=O) groups is 1. The molecule has 0 aliphatic heterocycles. The first kappa shape index (κ1) is 20.7. The van der Waals surface area contributed by atoms with Crippen LogP contribution >= 0.6 is 34.5 Å². The third kappa shape index (κ3) is 4.60. The number of aryl methyl sites for hydroxylation is 1. The molecule has 6 nitrogen and oxygen atoms in total. The topological polar surface area (TPSA) is 89.3 Å². The number of thiazole rings is 1. The first-order valence-electron chi connectivity index (χ1n) is 8.95. The van der Waals surface area contributed by atoms with E-state index in [1.54, 1.807) is 11.3 Å². The Kier molecular flexibility index (Phi) is 5.40. The van der Waals surface area contributed by atoms with Gasteiger partial charge in [-0.25, -0.2) is 13.4 Å². The fourth-order valence-electron chi connectivity index (χ4n) is 3.10. The summed E-state index contributed by atoms with van der Waals surface area (Å²) in [4.78, 5) is 17.2. The van der Waals surface area contributed by atoms with Gasteiger partial charge in [-0.15, -0.1) is 11.3 Å². The van der Waals surface area contributed by atoms with Crippen molar-refractivity contribution in [3.8, 4) is 0 Å². The molecule has 0 radical (unpaired) electrons. The molecule has 2 heterocycles. The van der Waals surface area contributed by atoms with Crippen LogP contribution in [-0.4, -0.2) is 31.1 Å². The van der Waals surface area contributed by atoms with Gasteiger partial charge in [-0.1, -0.05) is 23.2 Å². The van der Waals surface area contributed by atoms with Crippen LogP contribution < -0.4 is 5.32 Å². The lowest BCUT2D eigenvalue weighted by atomic mass is 10.1. The summed E-state index contributed by atoms with van der Waals surface area (Å²) in [6.45, 7) is 0. The standard InChI is InChI=1S/C19H18Cl2N2O4S2/c1-29(25,26)17(21)13-3-4-14(27-13)18(24)23-19(8-9-19)7-6-16-22-12-10-11(20)2-5-15(12)28-16/h2-5,10,17H,6-9H2,1H3,(H,23,24). The Labute approximate surface area is 182 Å². The summed E-state index contributed by atoms with van der Waals surface area (Å²) in [7, 11) is -3.52. The highest BCUT2D eigenvalue weighted by Crippen LogP contribution is 2.41. The quantitative estimate of drug-likeness (QED) is 0.502. The average Bonchev–Trinajstić information content (AvgIpc) is 3.07. The zero-order valence-corrected chi connectivity index (χ0v) is 18.6. The lowest BCUT2D eigenvalue weighted by Crippen LogP contribution is -2.37. The largest absolute Gasteiger partial charge is 0.453 e. The van der Waals surface area contributed by atoms with Gasteiger partial charge >= 0.3 is 0 Å². The smallest absolute Gasteiger partial charge is 0.287 e. The molecule has 0 spiro atoms. The maximum atomic E-state index is 12.6. The summed E-state index contributed by atoms with van der Waals surface area (Å²) in [6.07, 6.45) is 4.29. The molecule has 0 bridgehead atoms. The SMILES string of the molecule is CS(=O)(=O)C(Cl)c1ccc(C(=O)NC2(CCc3nc4cc(Cl)ccc4s3)CC2)o1. The average molecular weight is 473 g/mol. The van der Waals surface area contributed by atoms with Crippen molar-refractivity contribution in [2.75, 3.05) is 6.26 Å². The fourth-order valence-corrected chi connectivity index (χ4v) is 4.88. The minimum absolute atomic E-state index is 0.0392. The molecule has 1 unspecified atom stereocenters. The van der Waals surface area contributed by atoms with Gasteiger partial charge < -0.3 is 9.73 Å². The van der Waals surface area contributed by atoms with Crippen LogP contribution in [0.5, 0.6) is 0 Å². The highest BCUT2D eigenvalue weighted by atomic mass is 35.5. The number of halogens is 2. The normalized spacial score (nSPS) is 16.7. The lowest BCUT2D eigenvalue weighted by Gasteiger charge is -2.15. The molecule has 0 saturated heterocycles. The van der Waals surface area contributed by atoms with Crippen molar-refractivity contribution < 1.29 is 17.6 Å². The van der Waals surface area contributed by atoms with Crippen LogP contribution in [-0.2, 0) is 16.3 Å². The maximum absolute atomic E-state index is 12.6. The van der Waals surface area contributed by atoms with Crippen molar-refractivity contribution in [2.24, 2.45) is 0 Å². The van der Waals surface area contributed by atoms with Gasteiger partial charge in [0.25, 0.3) is 5.91 Å². The zero-order chi connectivity index (χ0) is 20.8. The molecular weight excluding hydrogens is 455 g/mol. The number of nitrogens with zero attached hydrogens (tertiary/aromatic N) is 1. The number of aromatic nitrogens is 1. The number of hydrogen-bond acceptors (Lipinski definition) is 6.